The summed E-state index contributed by atoms with van der Waals surface area (Å²) in [6, 6.07) is 14.9. The third-order valence-electron chi connectivity index (χ3n) is 4.39. The number of benzene rings is 2. The Morgan fingerprint density at radius 3 is 2.62 bits per heavy atom. The molecule has 0 radical (unpaired) electrons. The quantitative estimate of drug-likeness (QED) is 0.743. The Kier molecular flexibility index (Phi) is 3.34. The van der Waals surface area contributed by atoms with Crippen molar-refractivity contribution in [3.63, 3.8) is 0 Å². The molecule has 0 aliphatic heterocycles. The zero-order valence-corrected chi connectivity index (χ0v) is 13.2. The van der Waals surface area contributed by atoms with Crippen molar-refractivity contribution in [3.8, 4) is 28.3 Å². The number of rotatable bonds is 1. The molecule has 1 N–H and O–H groups in total. The second-order valence-corrected chi connectivity index (χ2v) is 5.76. The third kappa shape index (κ3) is 2.17. The molecule has 1 aliphatic carbocycles. The molecule has 5 nitrogen and oxygen atoms in total. The summed E-state index contributed by atoms with van der Waals surface area (Å²) < 4.78 is 6.22. The molecule has 0 atom stereocenters. The number of aryl methyl sites for hydroxylation is 1. The molecule has 0 saturated heterocycles. The molecule has 24 heavy (non-hydrogen) atoms. The summed E-state index contributed by atoms with van der Waals surface area (Å²) in [6.45, 7) is 0. The monoisotopic (exact) mass is 320 g/mol. The minimum atomic E-state index is -0.523. The first-order valence-electron chi connectivity index (χ1n) is 7.77. The van der Waals surface area contributed by atoms with Crippen LogP contribution < -0.4 is 0 Å². The zero-order valence-electron chi connectivity index (χ0n) is 13.2. The Hall–Kier alpha value is -3.08. The van der Waals surface area contributed by atoms with Gasteiger partial charge in [0.05, 0.1) is 18.5 Å². The first-order chi connectivity index (χ1) is 11.7. The van der Waals surface area contributed by atoms with E-state index < -0.39 is 6.09 Å². The Labute approximate surface area is 139 Å². The lowest BCUT2D eigenvalue weighted by atomic mass is 9.88. The number of nitrogens with zero attached hydrogens (tertiary/aromatic N) is 2. The number of carbonyl (C=O) groups is 1. The number of phenols is 1. The molecule has 0 fully saturated rings. The van der Waals surface area contributed by atoms with Crippen LogP contribution in [0, 0.1) is 0 Å². The normalized spacial score (nSPS) is 12.4. The molecule has 0 bridgehead atoms. The predicted octanol–water partition coefficient (Wildman–Crippen LogP) is 3.64. The van der Waals surface area contributed by atoms with E-state index in [-0.39, 0.29) is 5.75 Å². The van der Waals surface area contributed by atoms with E-state index in [1.807, 2.05) is 18.2 Å². The molecule has 0 amide bonds. The summed E-state index contributed by atoms with van der Waals surface area (Å²) >= 11 is 0. The van der Waals surface area contributed by atoms with E-state index in [2.05, 4.69) is 11.2 Å². The van der Waals surface area contributed by atoms with Crippen LogP contribution in [0.3, 0.4) is 0 Å². The summed E-state index contributed by atoms with van der Waals surface area (Å²) in [5.74, 6) is 0.182. The molecular formula is C19H16N2O3. The number of aromatic nitrogens is 2. The summed E-state index contributed by atoms with van der Waals surface area (Å²) in [5, 5.41) is 14.1. The van der Waals surface area contributed by atoms with Gasteiger partial charge < -0.3 is 9.84 Å². The average Bonchev–Trinajstić information content (AvgIpc) is 3.01. The van der Waals surface area contributed by atoms with Crippen LogP contribution in [0.25, 0.3) is 22.5 Å². The maximum absolute atomic E-state index is 12.2. The van der Waals surface area contributed by atoms with E-state index in [1.165, 1.54) is 17.4 Å². The van der Waals surface area contributed by atoms with Crippen molar-refractivity contribution < 1.29 is 14.6 Å². The first kappa shape index (κ1) is 14.5. The van der Waals surface area contributed by atoms with Gasteiger partial charge in [0.1, 0.15) is 5.75 Å². The van der Waals surface area contributed by atoms with Crippen LogP contribution in [0.15, 0.2) is 48.5 Å². The van der Waals surface area contributed by atoms with Crippen molar-refractivity contribution in [2.45, 2.75) is 12.8 Å². The van der Waals surface area contributed by atoms with Crippen molar-refractivity contribution in [1.82, 2.24) is 9.78 Å². The molecule has 0 unspecified atom stereocenters. The fraction of sp³-hybridized carbons (Fsp3) is 0.158. The van der Waals surface area contributed by atoms with Crippen molar-refractivity contribution in [2.75, 3.05) is 7.11 Å². The minimum absolute atomic E-state index is 0.182. The highest BCUT2D eigenvalue weighted by Gasteiger charge is 2.27. The maximum atomic E-state index is 12.2. The van der Waals surface area contributed by atoms with Gasteiger partial charge in [0.25, 0.3) is 0 Å². The molecular weight excluding hydrogens is 304 g/mol. The van der Waals surface area contributed by atoms with Gasteiger partial charge in [0, 0.05) is 16.7 Å². The molecule has 120 valence electrons. The van der Waals surface area contributed by atoms with Gasteiger partial charge in [-0.05, 0) is 42.7 Å². The van der Waals surface area contributed by atoms with Crippen LogP contribution in [0.4, 0.5) is 4.79 Å². The average molecular weight is 320 g/mol. The first-order valence-corrected chi connectivity index (χ1v) is 7.77. The third-order valence-corrected chi connectivity index (χ3v) is 4.39. The fourth-order valence-corrected chi connectivity index (χ4v) is 3.27. The zero-order chi connectivity index (χ0) is 16.7. The highest BCUT2D eigenvalue weighted by molar-refractivity contribution is 5.85. The number of hydrogen-bond donors (Lipinski definition) is 1. The lowest BCUT2D eigenvalue weighted by Crippen LogP contribution is -2.14. The molecule has 5 heteroatoms. The molecule has 1 heterocycles. The van der Waals surface area contributed by atoms with E-state index >= 15 is 0 Å². The Balaban J connectivity index is 1.98. The van der Waals surface area contributed by atoms with Gasteiger partial charge >= 0.3 is 6.09 Å². The fourth-order valence-electron chi connectivity index (χ4n) is 3.27. The van der Waals surface area contributed by atoms with E-state index in [1.54, 1.807) is 24.3 Å². The van der Waals surface area contributed by atoms with E-state index in [0.717, 1.165) is 40.9 Å². The number of phenolic OH excluding ortho intramolecular Hbond substituents is 1. The van der Waals surface area contributed by atoms with Crippen LogP contribution in [0.5, 0.6) is 5.75 Å². The number of methoxy groups -OCH3 is 1. The highest BCUT2D eigenvalue weighted by atomic mass is 16.5. The van der Waals surface area contributed by atoms with Gasteiger partial charge in [-0.2, -0.15) is 9.78 Å². The molecule has 0 spiro atoms. The largest absolute Gasteiger partial charge is 0.508 e. The SMILES string of the molecule is COC(=O)n1nc2c(c1-c1ccc(O)cc1)CCc1ccccc1-2. The molecule has 4 rings (SSSR count). The van der Waals surface area contributed by atoms with Crippen LogP contribution in [0.1, 0.15) is 11.1 Å². The standard InChI is InChI=1S/C19H16N2O3/c1-24-19(23)21-18(13-6-9-14(22)10-7-13)16-11-8-12-4-2-3-5-15(12)17(16)20-21/h2-7,9-10,22H,8,11H2,1H3. The van der Waals surface area contributed by atoms with Gasteiger partial charge in [-0.25, -0.2) is 4.79 Å². The van der Waals surface area contributed by atoms with E-state index in [9.17, 15) is 9.90 Å². The lowest BCUT2D eigenvalue weighted by Gasteiger charge is -2.15. The second-order valence-electron chi connectivity index (χ2n) is 5.76. The van der Waals surface area contributed by atoms with Crippen molar-refractivity contribution in [2.24, 2.45) is 0 Å². The van der Waals surface area contributed by atoms with Crippen molar-refractivity contribution in [3.05, 3.63) is 59.7 Å². The highest BCUT2D eigenvalue weighted by Crippen LogP contribution is 2.38. The van der Waals surface area contributed by atoms with Gasteiger partial charge in [-0.1, -0.05) is 24.3 Å². The summed E-state index contributed by atoms with van der Waals surface area (Å²) in [4.78, 5) is 12.2. The topological polar surface area (TPSA) is 64.4 Å². The number of hydrogen-bond acceptors (Lipinski definition) is 4. The van der Waals surface area contributed by atoms with Gasteiger partial charge in [-0.15, -0.1) is 0 Å². The summed E-state index contributed by atoms with van der Waals surface area (Å²) in [6.07, 6.45) is 1.19. The van der Waals surface area contributed by atoms with Crippen LogP contribution >= 0.6 is 0 Å². The summed E-state index contributed by atoms with van der Waals surface area (Å²) in [7, 11) is 1.34. The Bertz CT molecular complexity index is 926. The number of aromatic hydroxyl groups is 1. The Morgan fingerprint density at radius 2 is 1.88 bits per heavy atom. The summed E-state index contributed by atoms with van der Waals surface area (Å²) in [5.41, 5.74) is 5.70. The molecule has 1 aliphatic rings. The van der Waals surface area contributed by atoms with Crippen molar-refractivity contribution in [1.29, 1.82) is 0 Å². The number of ether oxygens (including phenoxy) is 1. The molecule has 3 aromatic rings. The number of carbonyl (C=O) groups excluding carboxylic acids is 1. The smallest absolute Gasteiger partial charge is 0.435 e. The van der Waals surface area contributed by atoms with E-state index in [4.69, 9.17) is 4.74 Å². The van der Waals surface area contributed by atoms with Gasteiger partial charge in [0.2, 0.25) is 0 Å². The number of fused-ring (bicyclic) bond motifs is 3. The van der Waals surface area contributed by atoms with Crippen LogP contribution in [-0.4, -0.2) is 28.1 Å². The Morgan fingerprint density at radius 1 is 1.12 bits per heavy atom. The van der Waals surface area contributed by atoms with Crippen LogP contribution in [0.2, 0.25) is 0 Å². The minimum Gasteiger partial charge on any atom is -0.508 e. The van der Waals surface area contributed by atoms with E-state index in [0.29, 0.717) is 0 Å². The maximum Gasteiger partial charge on any atom is 0.435 e. The van der Waals surface area contributed by atoms with Crippen molar-refractivity contribution >= 4 is 6.09 Å². The van der Waals surface area contributed by atoms with Gasteiger partial charge in [0.15, 0.2) is 0 Å². The second kappa shape index (κ2) is 5.53. The molecule has 1 aromatic heterocycles. The molecule has 0 saturated carbocycles. The van der Waals surface area contributed by atoms with Crippen LogP contribution in [-0.2, 0) is 17.6 Å². The van der Waals surface area contributed by atoms with Gasteiger partial charge in [-0.3, -0.25) is 0 Å². The predicted molar refractivity (Wildman–Crippen MR) is 90.0 cm³/mol. The lowest BCUT2D eigenvalue weighted by molar-refractivity contribution is 0.169. The molecule has 2 aromatic carbocycles.